The van der Waals surface area contributed by atoms with Gasteiger partial charge in [0.1, 0.15) is 0 Å². The summed E-state index contributed by atoms with van der Waals surface area (Å²) >= 11 is 0. The summed E-state index contributed by atoms with van der Waals surface area (Å²) in [6.45, 7) is 8.70. The van der Waals surface area contributed by atoms with Crippen molar-refractivity contribution in [1.29, 1.82) is 0 Å². The highest BCUT2D eigenvalue weighted by Crippen LogP contribution is 2.04. The van der Waals surface area contributed by atoms with Gasteiger partial charge >= 0.3 is 0 Å². The van der Waals surface area contributed by atoms with Crippen LogP contribution in [-0.4, -0.2) is 5.91 Å². The predicted octanol–water partition coefficient (Wildman–Crippen LogP) is 1.16. The molecule has 0 heterocycles. The standard InChI is InChI=1S/C8H11NO/c1-4-6(3)7(5-2)8(9)10/h4-5H,1-2H2,3H3,(H2,9,10)/b7-6+. The minimum Gasteiger partial charge on any atom is -0.366 e. The molecule has 0 radical (unpaired) electrons. The smallest absolute Gasteiger partial charge is 0.248 e. The summed E-state index contributed by atoms with van der Waals surface area (Å²) < 4.78 is 0. The Kier molecular flexibility index (Phi) is 3.19. The maximum absolute atomic E-state index is 10.6. The molecule has 0 aromatic carbocycles. The molecule has 0 saturated heterocycles. The summed E-state index contributed by atoms with van der Waals surface area (Å²) in [5.41, 5.74) is 6.19. The Bertz CT molecular complexity index is 201. The van der Waals surface area contributed by atoms with Gasteiger partial charge in [0, 0.05) is 5.57 Å². The van der Waals surface area contributed by atoms with Crippen molar-refractivity contribution in [2.24, 2.45) is 5.73 Å². The zero-order valence-electron chi connectivity index (χ0n) is 6.05. The molecular weight excluding hydrogens is 126 g/mol. The van der Waals surface area contributed by atoms with Crippen LogP contribution in [0, 0.1) is 0 Å². The largest absolute Gasteiger partial charge is 0.366 e. The fraction of sp³-hybridized carbons (Fsp3) is 0.125. The first-order valence-electron chi connectivity index (χ1n) is 2.89. The van der Waals surface area contributed by atoms with Gasteiger partial charge in [-0.05, 0) is 12.5 Å². The summed E-state index contributed by atoms with van der Waals surface area (Å²) in [5, 5.41) is 0. The molecule has 0 spiro atoms. The van der Waals surface area contributed by atoms with E-state index in [0.29, 0.717) is 5.57 Å². The third-order valence-electron chi connectivity index (χ3n) is 1.20. The number of primary amides is 1. The summed E-state index contributed by atoms with van der Waals surface area (Å²) in [6.07, 6.45) is 3.00. The zero-order chi connectivity index (χ0) is 8.15. The maximum atomic E-state index is 10.6. The lowest BCUT2D eigenvalue weighted by atomic mass is 10.1. The summed E-state index contributed by atoms with van der Waals surface area (Å²) in [5.74, 6) is -0.465. The molecule has 54 valence electrons. The molecule has 0 fully saturated rings. The van der Waals surface area contributed by atoms with E-state index in [9.17, 15) is 4.79 Å². The number of rotatable bonds is 3. The minimum absolute atomic E-state index is 0.426. The Morgan fingerprint density at radius 1 is 1.40 bits per heavy atom. The van der Waals surface area contributed by atoms with Crippen LogP contribution >= 0.6 is 0 Å². The second-order valence-electron chi connectivity index (χ2n) is 1.87. The van der Waals surface area contributed by atoms with Gasteiger partial charge in [0.2, 0.25) is 5.91 Å². The second-order valence-corrected chi connectivity index (χ2v) is 1.87. The number of hydrogen-bond donors (Lipinski definition) is 1. The van der Waals surface area contributed by atoms with Gasteiger partial charge in [-0.1, -0.05) is 25.3 Å². The van der Waals surface area contributed by atoms with E-state index in [1.165, 1.54) is 6.08 Å². The lowest BCUT2D eigenvalue weighted by molar-refractivity contribution is -0.114. The van der Waals surface area contributed by atoms with Gasteiger partial charge in [0.15, 0.2) is 0 Å². The predicted molar refractivity (Wildman–Crippen MR) is 42.3 cm³/mol. The molecule has 0 bridgehead atoms. The normalized spacial score (nSPS) is 11.7. The van der Waals surface area contributed by atoms with E-state index in [0.717, 1.165) is 5.57 Å². The van der Waals surface area contributed by atoms with Crippen LogP contribution in [0.5, 0.6) is 0 Å². The van der Waals surface area contributed by atoms with Crippen LogP contribution in [-0.2, 0) is 4.79 Å². The SMILES string of the molecule is C=C/C(C)=C(\C=C)C(N)=O. The van der Waals surface area contributed by atoms with Crippen molar-refractivity contribution in [3.63, 3.8) is 0 Å². The molecule has 0 aromatic heterocycles. The monoisotopic (exact) mass is 137 g/mol. The van der Waals surface area contributed by atoms with Crippen LogP contribution in [0.2, 0.25) is 0 Å². The zero-order valence-corrected chi connectivity index (χ0v) is 6.05. The molecule has 0 unspecified atom stereocenters. The molecule has 1 amide bonds. The van der Waals surface area contributed by atoms with Crippen LogP contribution in [0.15, 0.2) is 36.5 Å². The Balaban J connectivity index is 4.79. The van der Waals surface area contributed by atoms with Gasteiger partial charge in [-0.25, -0.2) is 0 Å². The van der Waals surface area contributed by atoms with E-state index >= 15 is 0 Å². The van der Waals surface area contributed by atoms with Gasteiger partial charge in [-0.2, -0.15) is 0 Å². The lowest BCUT2D eigenvalue weighted by Crippen LogP contribution is -2.13. The fourth-order valence-corrected chi connectivity index (χ4v) is 0.566. The Morgan fingerprint density at radius 2 is 1.90 bits per heavy atom. The van der Waals surface area contributed by atoms with Crippen molar-refractivity contribution in [3.05, 3.63) is 36.5 Å². The van der Waals surface area contributed by atoms with Crippen molar-refractivity contribution < 1.29 is 4.79 Å². The van der Waals surface area contributed by atoms with Gasteiger partial charge in [0.05, 0.1) is 0 Å². The number of nitrogens with two attached hydrogens (primary N) is 1. The van der Waals surface area contributed by atoms with Gasteiger partial charge in [0.25, 0.3) is 0 Å². The molecule has 0 atom stereocenters. The van der Waals surface area contributed by atoms with Crippen LogP contribution in [0.1, 0.15) is 6.92 Å². The third-order valence-corrected chi connectivity index (χ3v) is 1.20. The Labute approximate surface area is 60.7 Å². The van der Waals surface area contributed by atoms with Crippen molar-refractivity contribution in [2.75, 3.05) is 0 Å². The van der Waals surface area contributed by atoms with Crippen LogP contribution < -0.4 is 5.73 Å². The molecule has 0 saturated carbocycles. The first-order valence-corrected chi connectivity index (χ1v) is 2.89. The highest BCUT2D eigenvalue weighted by molar-refractivity contribution is 5.95. The van der Waals surface area contributed by atoms with E-state index in [1.54, 1.807) is 13.0 Å². The third kappa shape index (κ3) is 1.90. The van der Waals surface area contributed by atoms with Crippen molar-refractivity contribution in [3.8, 4) is 0 Å². The van der Waals surface area contributed by atoms with E-state index in [-0.39, 0.29) is 0 Å². The van der Waals surface area contributed by atoms with E-state index < -0.39 is 5.91 Å². The van der Waals surface area contributed by atoms with Crippen molar-refractivity contribution in [2.45, 2.75) is 6.92 Å². The number of carbonyl (C=O) groups is 1. The highest BCUT2D eigenvalue weighted by atomic mass is 16.1. The molecule has 10 heavy (non-hydrogen) atoms. The van der Waals surface area contributed by atoms with Crippen molar-refractivity contribution >= 4 is 5.91 Å². The molecule has 0 rings (SSSR count). The van der Waals surface area contributed by atoms with E-state index in [4.69, 9.17) is 5.73 Å². The van der Waals surface area contributed by atoms with Gasteiger partial charge in [-0.3, -0.25) is 4.79 Å². The number of amides is 1. The van der Waals surface area contributed by atoms with Crippen molar-refractivity contribution in [1.82, 2.24) is 0 Å². The molecule has 2 N–H and O–H groups in total. The number of allylic oxidation sites excluding steroid dienone is 2. The molecule has 0 aliphatic carbocycles. The number of hydrogen-bond acceptors (Lipinski definition) is 1. The average Bonchev–Trinajstić information content (AvgIpc) is 1.88. The van der Waals surface area contributed by atoms with Crippen LogP contribution in [0.3, 0.4) is 0 Å². The lowest BCUT2D eigenvalue weighted by Gasteiger charge is -1.97. The summed E-state index contributed by atoms with van der Waals surface area (Å²) in [6, 6.07) is 0. The first kappa shape index (κ1) is 8.69. The summed E-state index contributed by atoms with van der Waals surface area (Å²) in [4.78, 5) is 10.6. The molecule has 2 nitrogen and oxygen atoms in total. The molecule has 2 heteroatoms. The maximum Gasteiger partial charge on any atom is 0.248 e. The topological polar surface area (TPSA) is 43.1 Å². The molecular formula is C8H11NO. The average molecular weight is 137 g/mol. The quantitative estimate of drug-likeness (QED) is 0.460. The van der Waals surface area contributed by atoms with E-state index in [1.807, 2.05) is 0 Å². The Hall–Kier alpha value is -1.31. The molecule has 0 aliphatic heterocycles. The van der Waals surface area contributed by atoms with Crippen LogP contribution in [0.4, 0.5) is 0 Å². The van der Waals surface area contributed by atoms with Gasteiger partial charge < -0.3 is 5.73 Å². The Morgan fingerprint density at radius 3 is 2.00 bits per heavy atom. The first-order chi connectivity index (χ1) is 4.63. The summed E-state index contributed by atoms with van der Waals surface area (Å²) in [7, 11) is 0. The fourth-order valence-electron chi connectivity index (χ4n) is 0.566. The highest BCUT2D eigenvalue weighted by Gasteiger charge is 2.00. The number of carbonyl (C=O) groups excluding carboxylic acids is 1. The van der Waals surface area contributed by atoms with Gasteiger partial charge in [-0.15, -0.1) is 0 Å². The second kappa shape index (κ2) is 3.67. The molecule has 0 aliphatic rings. The van der Waals surface area contributed by atoms with Crippen LogP contribution in [0.25, 0.3) is 0 Å². The molecule has 0 aromatic rings. The minimum atomic E-state index is -0.465. The van der Waals surface area contributed by atoms with E-state index in [2.05, 4.69) is 13.2 Å².